The number of anilines is 2. The smallest absolute Gasteiger partial charge is 0.418 e. The lowest BCUT2D eigenvalue weighted by atomic mass is 10.0. The Morgan fingerprint density at radius 3 is 2.58 bits per heavy atom. The van der Waals surface area contributed by atoms with Gasteiger partial charge in [0.2, 0.25) is 0 Å². The van der Waals surface area contributed by atoms with Crippen LogP contribution in [0.15, 0.2) is 48.7 Å². The van der Waals surface area contributed by atoms with Crippen molar-refractivity contribution in [2.75, 3.05) is 19.0 Å². The Morgan fingerprint density at radius 1 is 1.17 bits per heavy atom. The number of carbonyl (C=O) groups is 1. The molecule has 3 N–H and O–H groups in total. The first-order valence-corrected chi connectivity index (χ1v) is 10.4. The number of benzene rings is 2. The largest absolute Gasteiger partial charge is 0.497 e. The molecule has 2 aromatic carbocycles. The van der Waals surface area contributed by atoms with Crippen molar-refractivity contribution in [3.05, 3.63) is 71.4 Å². The number of imidazole rings is 1. The molecule has 0 radical (unpaired) electrons. The second-order valence-electron chi connectivity index (χ2n) is 7.74. The Hall–Kier alpha value is -4.35. The highest BCUT2D eigenvalue weighted by Gasteiger charge is 2.35. The fourth-order valence-corrected chi connectivity index (χ4v) is 3.73. The molecule has 2 heterocycles. The number of methoxy groups -OCH3 is 1. The van der Waals surface area contributed by atoms with Gasteiger partial charge in [0.25, 0.3) is 5.91 Å². The van der Waals surface area contributed by atoms with E-state index in [1.165, 1.54) is 19.2 Å². The number of aryl methyl sites for hydroxylation is 1. The third kappa shape index (κ3) is 4.74. The van der Waals surface area contributed by atoms with Crippen molar-refractivity contribution in [1.82, 2.24) is 9.38 Å². The molecule has 2 aromatic heterocycles. The summed E-state index contributed by atoms with van der Waals surface area (Å²) in [6.07, 6.45) is -3.90. The number of nitrogens with one attached hydrogen (secondary N) is 1. The van der Waals surface area contributed by atoms with E-state index >= 15 is 0 Å². The number of primary amides is 1. The van der Waals surface area contributed by atoms with Gasteiger partial charge < -0.3 is 20.5 Å². The maximum absolute atomic E-state index is 14.7. The summed E-state index contributed by atoms with van der Waals surface area (Å²) in [6, 6.07) is 7.97. The van der Waals surface area contributed by atoms with Crippen LogP contribution in [0.4, 0.5) is 33.5 Å². The van der Waals surface area contributed by atoms with Crippen LogP contribution in [-0.2, 0) is 11.0 Å². The van der Waals surface area contributed by atoms with E-state index in [0.717, 1.165) is 34.9 Å². The Morgan fingerprint density at radius 2 is 1.92 bits per heavy atom. The second kappa shape index (κ2) is 9.36. The molecule has 0 bridgehead atoms. The van der Waals surface area contributed by atoms with Crippen LogP contribution < -0.4 is 20.5 Å². The average molecular weight is 506 g/mol. The minimum atomic E-state index is -4.89. The van der Waals surface area contributed by atoms with Crippen molar-refractivity contribution in [1.29, 1.82) is 0 Å². The second-order valence-corrected chi connectivity index (χ2v) is 7.74. The number of alkyl halides is 3. The molecule has 0 saturated heterocycles. The molecule has 1 amide bonds. The number of amides is 1. The van der Waals surface area contributed by atoms with E-state index in [9.17, 15) is 26.7 Å². The van der Waals surface area contributed by atoms with E-state index in [1.807, 2.05) is 0 Å². The molecule has 0 atom stereocenters. The topological polar surface area (TPSA) is 90.9 Å². The first-order valence-electron chi connectivity index (χ1n) is 10.4. The van der Waals surface area contributed by atoms with Crippen LogP contribution in [0.3, 0.4) is 0 Å². The molecule has 0 aliphatic carbocycles. The fraction of sp³-hybridized carbons (Fsp3) is 0.167. The number of pyridine rings is 1. The molecule has 12 heteroatoms. The summed E-state index contributed by atoms with van der Waals surface area (Å²) in [5.41, 5.74) is 3.96. The Balaban J connectivity index is 2.00. The lowest BCUT2D eigenvalue weighted by Crippen LogP contribution is -2.20. The maximum Gasteiger partial charge on any atom is 0.418 e. The number of aromatic nitrogens is 2. The Kier molecular flexibility index (Phi) is 6.44. The van der Waals surface area contributed by atoms with Gasteiger partial charge in [-0.3, -0.25) is 9.20 Å². The van der Waals surface area contributed by atoms with Gasteiger partial charge in [-0.15, -0.1) is 0 Å². The number of nitrogens with two attached hydrogens (primary N) is 1. The van der Waals surface area contributed by atoms with E-state index in [-0.39, 0.29) is 28.5 Å². The number of ether oxygens (including phenoxy) is 2. The van der Waals surface area contributed by atoms with E-state index in [2.05, 4.69) is 10.3 Å². The summed E-state index contributed by atoms with van der Waals surface area (Å²) >= 11 is 0. The van der Waals surface area contributed by atoms with Gasteiger partial charge in [-0.05, 0) is 42.8 Å². The highest BCUT2D eigenvalue weighted by atomic mass is 19.4. The van der Waals surface area contributed by atoms with Crippen LogP contribution in [0.25, 0.3) is 16.9 Å². The normalized spacial score (nSPS) is 11.5. The molecule has 36 heavy (non-hydrogen) atoms. The van der Waals surface area contributed by atoms with Gasteiger partial charge in [-0.25, -0.2) is 13.8 Å². The van der Waals surface area contributed by atoms with Gasteiger partial charge in [-0.1, -0.05) is 6.07 Å². The van der Waals surface area contributed by atoms with Gasteiger partial charge in [0.15, 0.2) is 6.61 Å². The van der Waals surface area contributed by atoms with E-state index in [0.29, 0.717) is 11.3 Å². The fourth-order valence-electron chi connectivity index (χ4n) is 3.73. The molecule has 0 saturated carbocycles. The predicted molar refractivity (Wildman–Crippen MR) is 121 cm³/mol. The van der Waals surface area contributed by atoms with Crippen molar-refractivity contribution < 1.29 is 36.2 Å². The summed E-state index contributed by atoms with van der Waals surface area (Å²) in [5.74, 6) is -2.42. The van der Waals surface area contributed by atoms with Crippen molar-refractivity contribution >= 4 is 23.1 Å². The van der Waals surface area contributed by atoms with Crippen molar-refractivity contribution in [3.63, 3.8) is 0 Å². The van der Waals surface area contributed by atoms with Crippen LogP contribution in [0.2, 0.25) is 0 Å². The van der Waals surface area contributed by atoms with Gasteiger partial charge in [0.05, 0.1) is 18.4 Å². The molecule has 7 nitrogen and oxygen atoms in total. The molecule has 188 valence electrons. The highest BCUT2D eigenvalue weighted by molar-refractivity contribution is 5.86. The zero-order valence-electron chi connectivity index (χ0n) is 18.9. The first kappa shape index (κ1) is 24.8. The number of fused-ring (bicyclic) bond motifs is 1. The number of para-hydroxylation sites is 1. The van der Waals surface area contributed by atoms with Crippen molar-refractivity contribution in [2.24, 2.45) is 5.73 Å². The summed E-state index contributed by atoms with van der Waals surface area (Å²) in [4.78, 5) is 15.8. The lowest BCUT2D eigenvalue weighted by molar-refractivity contribution is -0.137. The maximum atomic E-state index is 14.7. The molecule has 0 spiro atoms. The number of hydrogen-bond donors (Lipinski definition) is 2. The quantitative estimate of drug-likeness (QED) is 0.336. The summed E-state index contributed by atoms with van der Waals surface area (Å²) < 4.78 is 81.8. The van der Waals surface area contributed by atoms with Crippen LogP contribution in [0.5, 0.6) is 11.5 Å². The monoisotopic (exact) mass is 506 g/mol. The summed E-state index contributed by atoms with van der Waals surface area (Å²) in [6.45, 7) is 1.13. The third-order valence-electron chi connectivity index (χ3n) is 5.26. The van der Waals surface area contributed by atoms with Crippen molar-refractivity contribution in [2.45, 2.75) is 13.1 Å². The molecule has 0 fully saturated rings. The minimum absolute atomic E-state index is 0.0107. The Bertz CT molecular complexity index is 1470. The molecule has 4 aromatic rings. The van der Waals surface area contributed by atoms with E-state index < -0.39 is 41.6 Å². The predicted octanol–water partition coefficient (Wildman–Crippen LogP) is 5.22. The standard InChI is InChI=1S/C24H19F5N4O3/c1-12-8-14(35-2)9-17(36-11-18(30)34)20(12)22-23(33-10-13(25)6-7-19(33)31-22)32-21-15(24(27,28)29)4-3-5-16(21)26/h3-10,32H,11H2,1-2H3,(H2,30,34). The van der Waals surface area contributed by atoms with Gasteiger partial charge in [0, 0.05) is 17.8 Å². The number of nitrogens with zero attached hydrogens (tertiary/aromatic N) is 2. The molecular formula is C24H19F5N4O3. The van der Waals surface area contributed by atoms with Crippen LogP contribution in [0, 0.1) is 18.6 Å². The molecule has 0 unspecified atom stereocenters. The van der Waals surface area contributed by atoms with Gasteiger partial charge >= 0.3 is 6.18 Å². The van der Waals surface area contributed by atoms with E-state index in [1.54, 1.807) is 13.0 Å². The third-order valence-corrected chi connectivity index (χ3v) is 5.26. The zero-order chi connectivity index (χ0) is 26.2. The zero-order valence-corrected chi connectivity index (χ0v) is 18.9. The first-order chi connectivity index (χ1) is 17.0. The number of halogens is 5. The van der Waals surface area contributed by atoms with Crippen molar-refractivity contribution in [3.8, 4) is 22.8 Å². The molecule has 4 rings (SSSR count). The minimum Gasteiger partial charge on any atom is -0.497 e. The van der Waals surface area contributed by atoms with Crippen LogP contribution in [-0.4, -0.2) is 29.0 Å². The average Bonchev–Trinajstić information content (AvgIpc) is 3.14. The highest BCUT2D eigenvalue weighted by Crippen LogP contribution is 2.43. The van der Waals surface area contributed by atoms with Gasteiger partial charge in [0.1, 0.15) is 40.3 Å². The molecule has 0 aliphatic rings. The van der Waals surface area contributed by atoms with E-state index in [4.69, 9.17) is 15.2 Å². The number of hydrogen-bond acceptors (Lipinski definition) is 5. The SMILES string of the molecule is COc1cc(C)c(-c2nc3ccc(F)cn3c2Nc2c(F)cccc2C(F)(F)F)c(OCC(N)=O)c1. The number of rotatable bonds is 7. The molecule has 0 aliphatic heterocycles. The van der Waals surface area contributed by atoms with Crippen LogP contribution in [0.1, 0.15) is 11.1 Å². The molecular weight excluding hydrogens is 487 g/mol. The number of carbonyl (C=O) groups excluding carboxylic acids is 1. The summed E-state index contributed by atoms with van der Waals surface area (Å²) in [7, 11) is 1.41. The summed E-state index contributed by atoms with van der Waals surface area (Å²) in [5, 5.41) is 2.47. The lowest BCUT2D eigenvalue weighted by Gasteiger charge is -2.18. The van der Waals surface area contributed by atoms with Crippen LogP contribution >= 0.6 is 0 Å². The Labute approximate surface area is 201 Å². The van der Waals surface area contributed by atoms with Gasteiger partial charge in [-0.2, -0.15) is 13.2 Å².